The average Bonchev–Trinajstić information content (AvgIpc) is 3.12. The maximum absolute atomic E-state index is 5.11. The molecule has 6 aromatic carbocycles. The van der Waals surface area contributed by atoms with Crippen LogP contribution in [0.1, 0.15) is 0 Å². The van der Waals surface area contributed by atoms with Gasteiger partial charge in [-0.1, -0.05) is 121 Å². The molecule has 0 spiro atoms. The Morgan fingerprint density at radius 2 is 0.955 bits per heavy atom. The molecule has 0 unspecified atom stereocenters. The van der Waals surface area contributed by atoms with Gasteiger partial charge in [-0.25, -0.2) is 9.97 Å². The summed E-state index contributed by atoms with van der Waals surface area (Å²) in [6, 6.07) is 53.1. The van der Waals surface area contributed by atoms with Crippen LogP contribution in [-0.4, -0.2) is 15.0 Å². The lowest BCUT2D eigenvalue weighted by atomic mass is 9.92. The normalized spacial score (nSPS) is 11.2. The number of pyridine rings is 1. The molecular formula is C41H27N3. The summed E-state index contributed by atoms with van der Waals surface area (Å²) in [5.41, 5.74) is 9.36. The van der Waals surface area contributed by atoms with Crippen LogP contribution in [0.15, 0.2) is 164 Å². The molecule has 0 amide bonds. The van der Waals surface area contributed by atoms with E-state index in [9.17, 15) is 0 Å². The van der Waals surface area contributed by atoms with Gasteiger partial charge in [0.05, 0.1) is 11.4 Å². The van der Waals surface area contributed by atoms with Crippen LogP contribution in [0.2, 0.25) is 0 Å². The highest BCUT2D eigenvalue weighted by molar-refractivity contribution is 6.13. The van der Waals surface area contributed by atoms with Crippen molar-refractivity contribution in [2.75, 3.05) is 0 Å². The molecule has 44 heavy (non-hydrogen) atoms. The number of aromatic nitrogens is 3. The van der Waals surface area contributed by atoms with E-state index in [1.165, 1.54) is 27.1 Å². The number of rotatable bonds is 5. The Labute approximate surface area is 256 Å². The van der Waals surface area contributed by atoms with Crippen molar-refractivity contribution in [1.29, 1.82) is 0 Å². The molecule has 8 aromatic rings. The highest BCUT2D eigenvalue weighted by Crippen LogP contribution is 2.37. The van der Waals surface area contributed by atoms with Gasteiger partial charge in [0.1, 0.15) is 0 Å². The van der Waals surface area contributed by atoms with Gasteiger partial charge in [-0.3, -0.25) is 4.98 Å². The maximum atomic E-state index is 5.11. The maximum Gasteiger partial charge on any atom is 0.160 e. The Kier molecular flexibility index (Phi) is 6.47. The van der Waals surface area contributed by atoms with Crippen LogP contribution < -0.4 is 0 Å². The van der Waals surface area contributed by atoms with Gasteiger partial charge in [-0.05, 0) is 68.6 Å². The molecule has 206 valence electrons. The fraction of sp³-hybridized carbons (Fsp3) is 0. The number of fused-ring (bicyclic) bond motifs is 3. The van der Waals surface area contributed by atoms with Gasteiger partial charge in [0, 0.05) is 34.6 Å². The zero-order valence-electron chi connectivity index (χ0n) is 23.9. The fourth-order valence-corrected chi connectivity index (χ4v) is 5.99. The van der Waals surface area contributed by atoms with Gasteiger partial charge in [0.15, 0.2) is 5.82 Å². The summed E-state index contributed by atoms with van der Waals surface area (Å²) >= 11 is 0. The smallest absolute Gasteiger partial charge is 0.160 e. The SMILES string of the molecule is c1ccc(-c2nc(-c3cccc(-c4cccnc4)c3)cc(-c3cccc(-c4cc5ccccc5c5ccccc45)c3)n2)cc1. The molecule has 8 rings (SSSR count). The molecule has 0 radical (unpaired) electrons. The van der Waals surface area contributed by atoms with Crippen molar-refractivity contribution in [3.8, 4) is 56.2 Å². The Bertz CT molecular complexity index is 2270. The average molecular weight is 562 g/mol. The molecule has 3 heteroatoms. The van der Waals surface area contributed by atoms with Crippen molar-refractivity contribution >= 4 is 21.5 Å². The molecular weight excluding hydrogens is 534 g/mol. The van der Waals surface area contributed by atoms with Crippen LogP contribution in [0.4, 0.5) is 0 Å². The number of hydrogen-bond donors (Lipinski definition) is 0. The van der Waals surface area contributed by atoms with Gasteiger partial charge < -0.3 is 0 Å². The van der Waals surface area contributed by atoms with E-state index >= 15 is 0 Å². The molecule has 0 atom stereocenters. The summed E-state index contributed by atoms with van der Waals surface area (Å²) in [6.45, 7) is 0. The molecule has 2 heterocycles. The van der Waals surface area contributed by atoms with Gasteiger partial charge in [0.2, 0.25) is 0 Å². The first-order valence-corrected chi connectivity index (χ1v) is 14.8. The predicted molar refractivity (Wildman–Crippen MR) is 182 cm³/mol. The quantitative estimate of drug-likeness (QED) is 0.196. The van der Waals surface area contributed by atoms with Crippen LogP contribution in [-0.2, 0) is 0 Å². The summed E-state index contributed by atoms with van der Waals surface area (Å²) in [7, 11) is 0. The van der Waals surface area contributed by atoms with E-state index < -0.39 is 0 Å². The molecule has 0 fully saturated rings. The van der Waals surface area contributed by atoms with Crippen LogP contribution in [0.25, 0.3) is 77.7 Å². The van der Waals surface area contributed by atoms with E-state index in [1.807, 2.05) is 30.5 Å². The summed E-state index contributed by atoms with van der Waals surface area (Å²) < 4.78 is 0. The highest BCUT2D eigenvalue weighted by Gasteiger charge is 2.14. The lowest BCUT2D eigenvalue weighted by Crippen LogP contribution is -1.96. The Balaban J connectivity index is 1.29. The number of nitrogens with zero attached hydrogens (tertiary/aromatic N) is 3. The van der Waals surface area contributed by atoms with Crippen LogP contribution in [0.5, 0.6) is 0 Å². The molecule has 3 nitrogen and oxygen atoms in total. The van der Waals surface area contributed by atoms with Crippen molar-refractivity contribution in [1.82, 2.24) is 15.0 Å². The van der Waals surface area contributed by atoms with Gasteiger partial charge in [-0.2, -0.15) is 0 Å². The van der Waals surface area contributed by atoms with Crippen molar-refractivity contribution < 1.29 is 0 Å². The third-order valence-corrected chi connectivity index (χ3v) is 8.15. The molecule has 0 aliphatic heterocycles. The van der Waals surface area contributed by atoms with E-state index in [2.05, 4.69) is 132 Å². The van der Waals surface area contributed by atoms with E-state index in [1.54, 1.807) is 6.20 Å². The van der Waals surface area contributed by atoms with E-state index in [-0.39, 0.29) is 0 Å². The summed E-state index contributed by atoms with van der Waals surface area (Å²) in [5.74, 6) is 0.700. The summed E-state index contributed by atoms with van der Waals surface area (Å²) in [4.78, 5) is 14.5. The second kappa shape index (κ2) is 11.0. The summed E-state index contributed by atoms with van der Waals surface area (Å²) in [5, 5.41) is 5.00. The highest BCUT2D eigenvalue weighted by atomic mass is 14.9. The monoisotopic (exact) mass is 561 g/mol. The van der Waals surface area contributed by atoms with Crippen LogP contribution in [0, 0.1) is 0 Å². The molecule has 0 aliphatic carbocycles. The molecule has 2 aromatic heterocycles. The van der Waals surface area contributed by atoms with Crippen LogP contribution >= 0.6 is 0 Å². The first-order valence-electron chi connectivity index (χ1n) is 14.8. The molecule has 0 aliphatic rings. The van der Waals surface area contributed by atoms with Gasteiger partial charge in [0.25, 0.3) is 0 Å². The third-order valence-electron chi connectivity index (χ3n) is 8.15. The Morgan fingerprint density at radius 1 is 0.364 bits per heavy atom. The number of hydrogen-bond acceptors (Lipinski definition) is 3. The first kappa shape index (κ1) is 25.8. The number of benzene rings is 6. The van der Waals surface area contributed by atoms with E-state index in [0.717, 1.165) is 44.8 Å². The zero-order valence-corrected chi connectivity index (χ0v) is 23.9. The second-order valence-electron chi connectivity index (χ2n) is 10.9. The molecule has 0 saturated carbocycles. The zero-order chi connectivity index (χ0) is 29.3. The lowest BCUT2D eigenvalue weighted by molar-refractivity contribution is 1.18. The molecule has 0 saturated heterocycles. The van der Waals surface area contributed by atoms with Gasteiger partial charge in [-0.15, -0.1) is 0 Å². The Hall–Kier alpha value is -5.93. The minimum Gasteiger partial charge on any atom is -0.264 e. The lowest BCUT2D eigenvalue weighted by Gasteiger charge is -2.13. The summed E-state index contributed by atoms with van der Waals surface area (Å²) in [6.07, 6.45) is 3.69. The minimum atomic E-state index is 0.700. The molecule has 0 bridgehead atoms. The van der Waals surface area contributed by atoms with Crippen LogP contribution in [0.3, 0.4) is 0 Å². The topological polar surface area (TPSA) is 38.7 Å². The predicted octanol–water partition coefficient (Wildman–Crippen LogP) is 10.5. The van der Waals surface area contributed by atoms with Crippen molar-refractivity contribution in [2.45, 2.75) is 0 Å². The fourth-order valence-electron chi connectivity index (χ4n) is 5.99. The Morgan fingerprint density at radius 3 is 1.70 bits per heavy atom. The largest absolute Gasteiger partial charge is 0.264 e. The van der Waals surface area contributed by atoms with Crippen molar-refractivity contribution in [3.05, 3.63) is 164 Å². The standard InChI is InChI=1S/C41H27N3/c1-2-11-28(12-3-1)41-43-39(32-16-8-14-29(23-32)34-18-10-22-42-27-34)26-40(44-41)33-17-9-15-30(24-33)38-25-31-13-4-5-19-35(31)36-20-6-7-21-37(36)38/h1-27H. The minimum absolute atomic E-state index is 0.700. The van der Waals surface area contributed by atoms with Crippen molar-refractivity contribution in [2.24, 2.45) is 0 Å². The molecule has 0 N–H and O–H groups in total. The van der Waals surface area contributed by atoms with Gasteiger partial charge >= 0.3 is 0 Å². The third kappa shape index (κ3) is 4.81. The first-order chi connectivity index (χ1) is 21.8. The van der Waals surface area contributed by atoms with Crippen molar-refractivity contribution in [3.63, 3.8) is 0 Å². The van der Waals surface area contributed by atoms with E-state index in [0.29, 0.717) is 5.82 Å². The second-order valence-corrected chi connectivity index (χ2v) is 10.9. The van der Waals surface area contributed by atoms with E-state index in [4.69, 9.17) is 9.97 Å².